The van der Waals surface area contributed by atoms with Gasteiger partial charge < -0.3 is 5.32 Å². The van der Waals surface area contributed by atoms with E-state index in [2.05, 4.69) is 5.32 Å². The summed E-state index contributed by atoms with van der Waals surface area (Å²) < 4.78 is 0. The molecule has 0 aliphatic carbocycles. The number of hydrogen-bond donors (Lipinski definition) is 1. The van der Waals surface area contributed by atoms with Crippen LogP contribution in [0.25, 0.3) is 0 Å². The molecule has 0 fully saturated rings. The van der Waals surface area contributed by atoms with E-state index in [4.69, 9.17) is 16.9 Å². The van der Waals surface area contributed by atoms with E-state index in [1.807, 2.05) is 13.8 Å². The molecule has 0 saturated heterocycles. The molecule has 100 valence electrons. The molecule has 1 atom stereocenters. The van der Waals surface area contributed by atoms with Gasteiger partial charge in [-0.1, -0.05) is 37.6 Å². The summed E-state index contributed by atoms with van der Waals surface area (Å²) >= 11 is 5.90. The smallest absolute Gasteiger partial charge is 0.249 e. The van der Waals surface area contributed by atoms with Crippen molar-refractivity contribution < 1.29 is 9.59 Å². The SMILES string of the molecule is CC(C)CC(=O)[C@H](C#N)C(=O)Nc1ccccc1Cl. The molecule has 0 heterocycles. The fourth-order valence-electron chi connectivity index (χ4n) is 1.56. The van der Waals surface area contributed by atoms with Gasteiger partial charge in [-0.2, -0.15) is 5.26 Å². The topological polar surface area (TPSA) is 70.0 Å². The molecule has 1 amide bonds. The van der Waals surface area contributed by atoms with Crippen LogP contribution in [0.5, 0.6) is 0 Å². The van der Waals surface area contributed by atoms with E-state index in [0.29, 0.717) is 10.7 Å². The number of benzene rings is 1. The number of anilines is 1. The van der Waals surface area contributed by atoms with Gasteiger partial charge >= 0.3 is 0 Å². The van der Waals surface area contributed by atoms with Crippen molar-refractivity contribution in [2.75, 3.05) is 5.32 Å². The second kappa shape index (κ2) is 6.91. The number of amides is 1. The third-order valence-electron chi connectivity index (χ3n) is 2.45. The molecule has 0 saturated carbocycles. The van der Waals surface area contributed by atoms with E-state index in [0.717, 1.165) is 0 Å². The predicted molar refractivity (Wildman–Crippen MR) is 73.6 cm³/mol. The van der Waals surface area contributed by atoms with Gasteiger partial charge in [-0.15, -0.1) is 0 Å². The van der Waals surface area contributed by atoms with Gasteiger partial charge in [0.1, 0.15) is 0 Å². The number of nitrogens with zero attached hydrogens (tertiary/aromatic N) is 1. The van der Waals surface area contributed by atoms with Gasteiger partial charge in [-0.3, -0.25) is 9.59 Å². The third-order valence-corrected chi connectivity index (χ3v) is 2.78. The third kappa shape index (κ3) is 4.38. The lowest BCUT2D eigenvalue weighted by molar-refractivity contribution is -0.129. The number of halogens is 1. The zero-order chi connectivity index (χ0) is 14.4. The first kappa shape index (κ1) is 15.2. The summed E-state index contributed by atoms with van der Waals surface area (Å²) in [7, 11) is 0. The van der Waals surface area contributed by atoms with Crippen LogP contribution in [0, 0.1) is 23.2 Å². The lowest BCUT2D eigenvalue weighted by Crippen LogP contribution is -2.29. The van der Waals surface area contributed by atoms with Crippen LogP contribution in [0.2, 0.25) is 5.02 Å². The number of Topliss-reactive ketones (excluding diaryl/α,β-unsaturated/α-hetero) is 1. The Hall–Kier alpha value is -1.86. The molecule has 0 aliphatic rings. The molecule has 0 unspecified atom stereocenters. The van der Waals surface area contributed by atoms with Gasteiger partial charge in [-0.25, -0.2) is 0 Å². The summed E-state index contributed by atoms with van der Waals surface area (Å²) in [5.74, 6) is -2.20. The number of ketones is 1. The first-order valence-electron chi connectivity index (χ1n) is 5.93. The van der Waals surface area contributed by atoms with Gasteiger partial charge in [0.05, 0.1) is 16.8 Å². The van der Waals surface area contributed by atoms with Crippen LogP contribution in [-0.2, 0) is 9.59 Å². The molecule has 1 aromatic rings. The van der Waals surface area contributed by atoms with E-state index >= 15 is 0 Å². The number of hydrogen-bond acceptors (Lipinski definition) is 3. The monoisotopic (exact) mass is 278 g/mol. The maximum atomic E-state index is 11.9. The quantitative estimate of drug-likeness (QED) is 0.842. The second-order valence-corrected chi connectivity index (χ2v) is 5.00. The van der Waals surface area contributed by atoms with Crippen LogP contribution in [0.4, 0.5) is 5.69 Å². The second-order valence-electron chi connectivity index (χ2n) is 4.60. The summed E-state index contributed by atoms with van der Waals surface area (Å²) in [6, 6.07) is 8.41. The zero-order valence-corrected chi connectivity index (χ0v) is 11.6. The Morgan fingerprint density at radius 3 is 2.53 bits per heavy atom. The van der Waals surface area contributed by atoms with E-state index < -0.39 is 11.8 Å². The van der Waals surface area contributed by atoms with Crippen molar-refractivity contribution in [3.63, 3.8) is 0 Å². The predicted octanol–water partition coefficient (Wildman–Crippen LogP) is 3.03. The number of nitrogens with one attached hydrogen (secondary N) is 1. The number of carbonyl (C=O) groups excluding carboxylic acids is 2. The van der Waals surface area contributed by atoms with Crippen molar-refractivity contribution in [3.8, 4) is 6.07 Å². The number of nitriles is 1. The van der Waals surface area contributed by atoms with Crippen molar-refractivity contribution >= 4 is 29.0 Å². The summed E-state index contributed by atoms with van der Waals surface area (Å²) in [6.45, 7) is 3.72. The maximum Gasteiger partial charge on any atom is 0.249 e. The summed E-state index contributed by atoms with van der Waals surface area (Å²) in [5, 5.41) is 11.8. The Kier molecular flexibility index (Phi) is 5.53. The Morgan fingerprint density at radius 1 is 1.37 bits per heavy atom. The highest BCUT2D eigenvalue weighted by Gasteiger charge is 2.27. The minimum atomic E-state index is -1.29. The molecular formula is C14H15ClN2O2. The standard InChI is InChI=1S/C14H15ClN2O2/c1-9(2)7-13(18)10(8-16)14(19)17-12-6-4-3-5-11(12)15/h3-6,9-10H,7H2,1-2H3,(H,17,19)/t10-/m0/s1. The maximum absolute atomic E-state index is 11.9. The lowest BCUT2D eigenvalue weighted by Gasteiger charge is -2.11. The molecule has 0 aliphatic heterocycles. The summed E-state index contributed by atoms with van der Waals surface area (Å²) in [6.07, 6.45) is 0.203. The molecule has 0 spiro atoms. The minimum Gasteiger partial charge on any atom is -0.323 e. The molecule has 1 rings (SSSR count). The fraction of sp³-hybridized carbons (Fsp3) is 0.357. The number of para-hydroxylation sites is 1. The van der Waals surface area contributed by atoms with Gasteiger partial charge in [0.2, 0.25) is 5.91 Å². The van der Waals surface area contributed by atoms with Crippen molar-refractivity contribution in [2.24, 2.45) is 11.8 Å². The number of rotatable bonds is 5. The van der Waals surface area contributed by atoms with Gasteiger partial charge in [0, 0.05) is 6.42 Å². The van der Waals surface area contributed by atoms with Crippen molar-refractivity contribution in [2.45, 2.75) is 20.3 Å². The largest absolute Gasteiger partial charge is 0.323 e. The molecule has 1 aromatic carbocycles. The Bertz CT molecular complexity index is 520. The molecule has 4 nitrogen and oxygen atoms in total. The van der Waals surface area contributed by atoms with E-state index in [1.165, 1.54) is 0 Å². The van der Waals surface area contributed by atoms with Crippen molar-refractivity contribution in [1.82, 2.24) is 0 Å². The zero-order valence-electron chi connectivity index (χ0n) is 10.8. The van der Waals surface area contributed by atoms with Crippen LogP contribution in [0.3, 0.4) is 0 Å². The molecule has 19 heavy (non-hydrogen) atoms. The van der Waals surface area contributed by atoms with Gasteiger partial charge in [0.25, 0.3) is 0 Å². The summed E-state index contributed by atoms with van der Waals surface area (Å²) in [5.41, 5.74) is 0.395. The normalized spacial score (nSPS) is 11.7. The number of carbonyl (C=O) groups is 2. The van der Waals surface area contributed by atoms with Crippen LogP contribution in [0.1, 0.15) is 20.3 Å². The molecule has 1 N–H and O–H groups in total. The molecule has 0 bridgehead atoms. The highest BCUT2D eigenvalue weighted by atomic mass is 35.5. The Balaban J connectivity index is 2.79. The molecular weight excluding hydrogens is 264 g/mol. The van der Waals surface area contributed by atoms with Gasteiger partial charge in [-0.05, 0) is 18.1 Å². The molecule has 0 aromatic heterocycles. The average molecular weight is 279 g/mol. The highest BCUT2D eigenvalue weighted by molar-refractivity contribution is 6.33. The van der Waals surface area contributed by atoms with E-state index in [1.54, 1.807) is 30.3 Å². The first-order chi connectivity index (χ1) is 8.95. The minimum absolute atomic E-state index is 0.108. The van der Waals surface area contributed by atoms with Crippen LogP contribution >= 0.6 is 11.6 Å². The average Bonchev–Trinajstić information content (AvgIpc) is 2.32. The summed E-state index contributed by atoms with van der Waals surface area (Å²) in [4.78, 5) is 23.7. The van der Waals surface area contributed by atoms with Crippen LogP contribution in [0.15, 0.2) is 24.3 Å². The Morgan fingerprint density at radius 2 is 2.00 bits per heavy atom. The van der Waals surface area contributed by atoms with Crippen molar-refractivity contribution in [3.05, 3.63) is 29.3 Å². The lowest BCUT2D eigenvalue weighted by atomic mass is 9.96. The molecule has 5 heteroatoms. The fourth-order valence-corrected chi connectivity index (χ4v) is 1.75. The van der Waals surface area contributed by atoms with E-state index in [-0.39, 0.29) is 18.1 Å². The van der Waals surface area contributed by atoms with Crippen LogP contribution < -0.4 is 5.32 Å². The van der Waals surface area contributed by atoms with Gasteiger partial charge in [0.15, 0.2) is 11.7 Å². The van der Waals surface area contributed by atoms with E-state index in [9.17, 15) is 9.59 Å². The highest BCUT2D eigenvalue weighted by Crippen LogP contribution is 2.21. The molecule has 0 radical (unpaired) electrons. The van der Waals surface area contributed by atoms with Crippen molar-refractivity contribution in [1.29, 1.82) is 5.26 Å². The van der Waals surface area contributed by atoms with Crippen LogP contribution in [-0.4, -0.2) is 11.7 Å². The first-order valence-corrected chi connectivity index (χ1v) is 6.31. The Labute approximate surface area is 117 Å².